The monoisotopic (exact) mass is 243 g/mol. The lowest BCUT2D eigenvalue weighted by atomic mass is 10.1. The first kappa shape index (κ1) is 14.8. The lowest BCUT2D eigenvalue weighted by Crippen LogP contribution is -2.13. The first-order chi connectivity index (χ1) is 7.08. The molecule has 0 radical (unpaired) electrons. The van der Waals surface area contributed by atoms with Gasteiger partial charge in [-0.15, -0.1) is 12.4 Å². The molecular weight excluding hydrogens is 226 g/mol. The molecule has 3 nitrogen and oxygen atoms in total. The highest BCUT2D eigenvalue weighted by Crippen LogP contribution is 2.13. The molecule has 0 aromatic heterocycles. The minimum atomic E-state index is -0.314. The summed E-state index contributed by atoms with van der Waals surface area (Å²) in [7, 11) is 0. The average molecular weight is 244 g/mol. The molecule has 0 aliphatic rings. The minimum Gasteiger partial charge on any atom is -0.493 e. The van der Waals surface area contributed by atoms with Gasteiger partial charge in [-0.3, -0.25) is 4.79 Å². The van der Waals surface area contributed by atoms with E-state index in [4.69, 9.17) is 10.5 Å². The summed E-state index contributed by atoms with van der Waals surface area (Å²) < 4.78 is 5.51. The molecule has 1 amide bonds. The van der Waals surface area contributed by atoms with E-state index in [1.807, 2.05) is 24.3 Å². The highest BCUT2D eigenvalue weighted by molar-refractivity contribution is 5.85. The molecule has 90 valence electrons. The fourth-order valence-corrected chi connectivity index (χ4v) is 1.17. The highest BCUT2D eigenvalue weighted by atomic mass is 35.5. The number of carbonyl (C=O) groups is 1. The van der Waals surface area contributed by atoms with E-state index in [0.29, 0.717) is 12.5 Å². The summed E-state index contributed by atoms with van der Waals surface area (Å²) in [5.41, 5.74) is 6.01. The van der Waals surface area contributed by atoms with Crippen LogP contribution in [0.15, 0.2) is 24.3 Å². The van der Waals surface area contributed by atoms with Crippen LogP contribution in [0.2, 0.25) is 0 Å². The van der Waals surface area contributed by atoms with Gasteiger partial charge in [0.1, 0.15) is 5.75 Å². The second-order valence-electron chi connectivity index (χ2n) is 3.99. The number of rotatable bonds is 5. The van der Waals surface area contributed by atoms with Gasteiger partial charge in [-0.05, 0) is 23.6 Å². The molecule has 1 aromatic carbocycles. The molecule has 0 unspecified atom stereocenters. The third-order valence-corrected chi connectivity index (χ3v) is 1.89. The Morgan fingerprint density at radius 1 is 1.31 bits per heavy atom. The number of halogens is 1. The van der Waals surface area contributed by atoms with Crippen molar-refractivity contribution in [1.29, 1.82) is 0 Å². The Bertz CT molecular complexity index is 322. The molecule has 0 spiro atoms. The van der Waals surface area contributed by atoms with Crippen LogP contribution < -0.4 is 10.5 Å². The van der Waals surface area contributed by atoms with Gasteiger partial charge in [-0.1, -0.05) is 26.0 Å². The van der Waals surface area contributed by atoms with Gasteiger partial charge in [0.15, 0.2) is 0 Å². The van der Waals surface area contributed by atoms with Gasteiger partial charge < -0.3 is 10.5 Å². The molecule has 1 aromatic rings. The Kier molecular flexibility index (Phi) is 6.58. The van der Waals surface area contributed by atoms with Crippen molar-refractivity contribution >= 4 is 18.3 Å². The normalized spacial score (nSPS) is 9.69. The topological polar surface area (TPSA) is 52.3 Å². The second kappa shape index (κ2) is 7.12. The van der Waals surface area contributed by atoms with Crippen LogP contribution >= 0.6 is 12.4 Å². The van der Waals surface area contributed by atoms with Crippen LogP contribution in [-0.4, -0.2) is 12.5 Å². The maximum atomic E-state index is 10.7. The fourth-order valence-electron chi connectivity index (χ4n) is 1.17. The van der Waals surface area contributed by atoms with Crippen LogP contribution in [0.4, 0.5) is 0 Å². The summed E-state index contributed by atoms with van der Waals surface area (Å²) in [6, 6.07) is 7.45. The second-order valence-corrected chi connectivity index (χ2v) is 3.99. The highest BCUT2D eigenvalue weighted by Gasteiger charge is 2.00. The van der Waals surface area contributed by atoms with E-state index in [1.165, 1.54) is 0 Å². The molecule has 0 fully saturated rings. The van der Waals surface area contributed by atoms with E-state index in [0.717, 1.165) is 11.3 Å². The standard InChI is InChI=1S/C12H17NO2.ClH/c1-9(2)8-15-11-5-3-10(4-6-11)7-12(13)14;/h3-6,9H,7-8H2,1-2H3,(H2,13,14);1H. The summed E-state index contributed by atoms with van der Waals surface area (Å²) in [6.07, 6.45) is 0.282. The maximum Gasteiger partial charge on any atom is 0.221 e. The lowest BCUT2D eigenvalue weighted by Gasteiger charge is -2.08. The van der Waals surface area contributed by atoms with Gasteiger partial charge in [0.2, 0.25) is 5.91 Å². The first-order valence-corrected chi connectivity index (χ1v) is 5.08. The van der Waals surface area contributed by atoms with Crippen LogP contribution in [0.1, 0.15) is 19.4 Å². The number of nitrogens with two attached hydrogens (primary N) is 1. The summed E-state index contributed by atoms with van der Waals surface area (Å²) in [6.45, 7) is 4.90. The summed E-state index contributed by atoms with van der Waals surface area (Å²) >= 11 is 0. The van der Waals surface area contributed by atoms with Crippen molar-refractivity contribution in [2.75, 3.05) is 6.61 Å². The SMILES string of the molecule is CC(C)COc1ccc(CC(N)=O)cc1.Cl. The van der Waals surface area contributed by atoms with E-state index in [9.17, 15) is 4.79 Å². The van der Waals surface area contributed by atoms with E-state index in [-0.39, 0.29) is 24.7 Å². The molecule has 1 rings (SSSR count). The fraction of sp³-hybridized carbons (Fsp3) is 0.417. The van der Waals surface area contributed by atoms with E-state index in [2.05, 4.69) is 13.8 Å². The van der Waals surface area contributed by atoms with E-state index >= 15 is 0 Å². The predicted molar refractivity (Wildman–Crippen MR) is 66.9 cm³/mol. The summed E-state index contributed by atoms with van der Waals surface area (Å²) in [5.74, 6) is 1.03. The van der Waals surface area contributed by atoms with Gasteiger partial charge in [0, 0.05) is 0 Å². The number of ether oxygens (including phenoxy) is 1. The molecule has 0 saturated carbocycles. The van der Waals surface area contributed by atoms with Crippen molar-refractivity contribution in [3.05, 3.63) is 29.8 Å². The van der Waals surface area contributed by atoms with Crippen molar-refractivity contribution in [2.24, 2.45) is 11.7 Å². The number of primary amides is 1. The van der Waals surface area contributed by atoms with Crippen molar-refractivity contribution in [1.82, 2.24) is 0 Å². The van der Waals surface area contributed by atoms with Crippen molar-refractivity contribution in [3.63, 3.8) is 0 Å². The summed E-state index contributed by atoms with van der Waals surface area (Å²) in [5, 5.41) is 0. The van der Waals surface area contributed by atoms with Crippen LogP contribution in [0, 0.1) is 5.92 Å². The molecule has 16 heavy (non-hydrogen) atoms. The minimum absolute atomic E-state index is 0. The Labute approximate surface area is 102 Å². The molecular formula is C12H18ClNO2. The van der Waals surface area contributed by atoms with Crippen LogP contribution in [-0.2, 0) is 11.2 Å². The van der Waals surface area contributed by atoms with Crippen LogP contribution in [0.3, 0.4) is 0 Å². The van der Waals surface area contributed by atoms with Crippen LogP contribution in [0.25, 0.3) is 0 Å². The first-order valence-electron chi connectivity index (χ1n) is 5.08. The van der Waals surface area contributed by atoms with Gasteiger partial charge in [-0.2, -0.15) is 0 Å². The number of benzene rings is 1. The zero-order valence-electron chi connectivity index (χ0n) is 9.60. The average Bonchev–Trinajstić information content (AvgIpc) is 2.16. The predicted octanol–water partition coefficient (Wildman–Crippen LogP) is 2.17. The van der Waals surface area contributed by atoms with Crippen molar-refractivity contribution in [2.45, 2.75) is 20.3 Å². The molecule has 0 heterocycles. The molecule has 2 N–H and O–H groups in total. The summed E-state index contributed by atoms with van der Waals surface area (Å²) in [4.78, 5) is 10.7. The molecule has 0 saturated heterocycles. The quantitative estimate of drug-likeness (QED) is 0.862. The lowest BCUT2D eigenvalue weighted by molar-refractivity contribution is -0.117. The van der Waals surface area contributed by atoms with Crippen molar-refractivity contribution < 1.29 is 9.53 Å². The number of carbonyl (C=O) groups excluding carboxylic acids is 1. The van der Waals surface area contributed by atoms with Gasteiger partial charge in [0.25, 0.3) is 0 Å². The molecule has 0 aliphatic heterocycles. The number of amides is 1. The van der Waals surface area contributed by atoms with Crippen molar-refractivity contribution in [3.8, 4) is 5.75 Å². The van der Waals surface area contributed by atoms with Crippen LogP contribution in [0.5, 0.6) is 5.75 Å². The van der Waals surface area contributed by atoms with Gasteiger partial charge in [0.05, 0.1) is 13.0 Å². The van der Waals surface area contributed by atoms with Gasteiger partial charge in [-0.25, -0.2) is 0 Å². The molecule has 0 bridgehead atoms. The third-order valence-electron chi connectivity index (χ3n) is 1.89. The molecule has 0 atom stereocenters. The number of hydrogen-bond donors (Lipinski definition) is 1. The Balaban J connectivity index is 0.00000225. The largest absolute Gasteiger partial charge is 0.493 e. The third kappa shape index (κ3) is 5.61. The molecule has 4 heteroatoms. The van der Waals surface area contributed by atoms with E-state index in [1.54, 1.807) is 0 Å². The maximum absolute atomic E-state index is 10.7. The zero-order chi connectivity index (χ0) is 11.3. The zero-order valence-corrected chi connectivity index (χ0v) is 10.4. The molecule has 0 aliphatic carbocycles. The Morgan fingerprint density at radius 2 is 1.88 bits per heavy atom. The number of hydrogen-bond acceptors (Lipinski definition) is 2. The Hall–Kier alpha value is -1.22. The Morgan fingerprint density at radius 3 is 2.31 bits per heavy atom. The van der Waals surface area contributed by atoms with E-state index < -0.39 is 0 Å². The smallest absolute Gasteiger partial charge is 0.221 e. The van der Waals surface area contributed by atoms with Gasteiger partial charge >= 0.3 is 0 Å².